The summed E-state index contributed by atoms with van der Waals surface area (Å²) in [5.41, 5.74) is 1.57. The summed E-state index contributed by atoms with van der Waals surface area (Å²) >= 11 is 22.9. The van der Waals surface area contributed by atoms with Crippen molar-refractivity contribution in [1.29, 1.82) is 0 Å². The number of amides is 1. The van der Waals surface area contributed by atoms with E-state index in [0.29, 0.717) is 27.2 Å². The van der Waals surface area contributed by atoms with Gasteiger partial charge >= 0.3 is 0 Å². The average Bonchev–Trinajstić information content (AvgIpc) is 2.52. The van der Waals surface area contributed by atoms with E-state index in [1.54, 1.807) is 36.0 Å². The first kappa shape index (κ1) is 18.9. The highest BCUT2D eigenvalue weighted by atomic mass is 79.9. The fourth-order valence-electron chi connectivity index (χ4n) is 1.82. The Morgan fingerprint density at radius 2 is 1.78 bits per heavy atom. The summed E-state index contributed by atoms with van der Waals surface area (Å²) in [4.78, 5) is 12.1. The molecule has 0 bridgehead atoms. The predicted molar refractivity (Wildman–Crippen MR) is 104 cm³/mol. The van der Waals surface area contributed by atoms with Crippen molar-refractivity contribution in [3.8, 4) is 0 Å². The van der Waals surface area contributed by atoms with Crippen molar-refractivity contribution in [2.24, 2.45) is 0 Å². The van der Waals surface area contributed by atoms with Gasteiger partial charge in [0.25, 0.3) is 5.91 Å². The monoisotopic (exact) mass is 451 g/mol. The summed E-state index contributed by atoms with van der Waals surface area (Å²) in [6.45, 7) is 0.563. The molecule has 122 valence electrons. The van der Waals surface area contributed by atoms with Crippen LogP contribution in [0.15, 0.2) is 40.9 Å². The molecule has 0 spiro atoms. The van der Waals surface area contributed by atoms with Gasteiger partial charge in [-0.05, 0) is 35.9 Å². The summed E-state index contributed by atoms with van der Waals surface area (Å²) in [5, 5.41) is 4.41. The predicted octanol–water partition coefficient (Wildman–Crippen LogP) is 6.07. The molecule has 0 aliphatic rings. The van der Waals surface area contributed by atoms with Crippen LogP contribution in [0, 0.1) is 0 Å². The smallest absolute Gasteiger partial charge is 0.252 e. The van der Waals surface area contributed by atoms with Crippen LogP contribution < -0.4 is 5.32 Å². The van der Waals surface area contributed by atoms with Crippen molar-refractivity contribution < 1.29 is 4.79 Å². The molecule has 23 heavy (non-hydrogen) atoms. The number of nitrogens with one attached hydrogen (secondary N) is 1. The van der Waals surface area contributed by atoms with Crippen LogP contribution in [0.3, 0.4) is 0 Å². The minimum atomic E-state index is -0.175. The van der Waals surface area contributed by atoms with Gasteiger partial charge in [-0.3, -0.25) is 4.79 Å². The third kappa shape index (κ3) is 5.87. The molecule has 0 atom stereocenters. The second-order valence-corrected chi connectivity index (χ2v) is 7.92. The molecule has 0 saturated carbocycles. The Bertz CT molecular complexity index is 712. The van der Waals surface area contributed by atoms with E-state index in [2.05, 4.69) is 21.2 Å². The van der Waals surface area contributed by atoms with Crippen LogP contribution in [0.1, 0.15) is 15.9 Å². The van der Waals surface area contributed by atoms with E-state index in [9.17, 15) is 4.79 Å². The number of halogens is 4. The Morgan fingerprint density at radius 3 is 2.52 bits per heavy atom. The number of hydrogen-bond donors (Lipinski definition) is 1. The van der Waals surface area contributed by atoms with Crippen LogP contribution in [0.25, 0.3) is 0 Å². The lowest BCUT2D eigenvalue weighted by Gasteiger charge is -2.07. The van der Waals surface area contributed by atoms with Gasteiger partial charge in [-0.25, -0.2) is 0 Å². The molecule has 2 aromatic rings. The molecule has 0 unspecified atom stereocenters. The largest absolute Gasteiger partial charge is 0.351 e. The second kappa shape index (κ2) is 9.19. The molecule has 2 aromatic carbocycles. The van der Waals surface area contributed by atoms with Gasteiger partial charge in [-0.15, -0.1) is 0 Å². The van der Waals surface area contributed by atoms with Gasteiger partial charge in [0, 0.05) is 22.5 Å². The third-order valence-electron chi connectivity index (χ3n) is 2.96. The highest BCUT2D eigenvalue weighted by Crippen LogP contribution is 2.24. The maximum absolute atomic E-state index is 12.1. The molecule has 1 amide bonds. The van der Waals surface area contributed by atoms with Crippen molar-refractivity contribution in [2.45, 2.75) is 5.75 Å². The number of benzene rings is 2. The van der Waals surface area contributed by atoms with Gasteiger partial charge in [0.2, 0.25) is 0 Å². The molecule has 2 rings (SSSR count). The molecule has 0 radical (unpaired) electrons. The molecule has 7 heteroatoms. The topological polar surface area (TPSA) is 29.1 Å². The highest BCUT2D eigenvalue weighted by Gasteiger charge is 2.10. The highest BCUT2D eigenvalue weighted by molar-refractivity contribution is 9.10. The zero-order chi connectivity index (χ0) is 16.8. The number of carbonyl (C=O) groups excluding carboxylic acids is 1. The molecule has 2 nitrogen and oxygen atoms in total. The fraction of sp³-hybridized carbons (Fsp3) is 0.188. The molecule has 0 fully saturated rings. The summed E-state index contributed by atoms with van der Waals surface area (Å²) in [5.74, 6) is 1.42. The van der Waals surface area contributed by atoms with Crippen molar-refractivity contribution in [2.75, 3.05) is 12.3 Å². The normalized spacial score (nSPS) is 10.6. The average molecular weight is 454 g/mol. The lowest BCUT2D eigenvalue weighted by Crippen LogP contribution is -2.26. The zero-order valence-electron chi connectivity index (χ0n) is 11.9. The second-order valence-electron chi connectivity index (χ2n) is 4.68. The Morgan fingerprint density at radius 1 is 1.04 bits per heavy atom. The maximum atomic E-state index is 12.1. The van der Waals surface area contributed by atoms with Crippen molar-refractivity contribution in [1.82, 2.24) is 5.32 Å². The molecular weight excluding hydrogens is 441 g/mol. The van der Waals surface area contributed by atoms with Crippen LogP contribution in [-0.4, -0.2) is 18.2 Å². The molecule has 0 aromatic heterocycles. The van der Waals surface area contributed by atoms with Gasteiger partial charge in [0.15, 0.2) is 0 Å². The Labute approximate surface area is 163 Å². The Balaban J connectivity index is 1.75. The number of thioether (sulfide) groups is 1. The fourth-order valence-corrected chi connectivity index (χ4v) is 3.51. The number of rotatable bonds is 6. The van der Waals surface area contributed by atoms with E-state index in [1.165, 1.54) is 0 Å². The lowest BCUT2D eigenvalue weighted by molar-refractivity contribution is 0.0956. The van der Waals surface area contributed by atoms with E-state index < -0.39 is 0 Å². The van der Waals surface area contributed by atoms with Crippen molar-refractivity contribution >= 4 is 68.4 Å². The number of carbonyl (C=O) groups is 1. The maximum Gasteiger partial charge on any atom is 0.252 e. The van der Waals surface area contributed by atoms with Crippen molar-refractivity contribution in [3.63, 3.8) is 0 Å². The quantitative estimate of drug-likeness (QED) is 0.538. The Hall–Kier alpha value is -0.390. The minimum Gasteiger partial charge on any atom is -0.351 e. The Kier molecular flexibility index (Phi) is 7.57. The first-order chi connectivity index (χ1) is 11.0. The van der Waals surface area contributed by atoms with E-state index >= 15 is 0 Å². The molecule has 0 heterocycles. The van der Waals surface area contributed by atoms with Crippen LogP contribution in [0.4, 0.5) is 0 Å². The van der Waals surface area contributed by atoms with Gasteiger partial charge in [0.1, 0.15) is 0 Å². The van der Waals surface area contributed by atoms with Gasteiger partial charge in [-0.2, -0.15) is 11.8 Å². The SMILES string of the molecule is O=C(NCCSCc1ccc(Cl)c(Cl)c1)c1cc(Br)ccc1Cl. The molecule has 0 aliphatic heterocycles. The molecule has 1 N–H and O–H groups in total. The van der Waals surface area contributed by atoms with E-state index in [1.807, 2.05) is 12.1 Å². The van der Waals surface area contributed by atoms with E-state index in [-0.39, 0.29) is 5.91 Å². The van der Waals surface area contributed by atoms with Crippen LogP contribution in [0.5, 0.6) is 0 Å². The third-order valence-corrected chi connectivity index (χ3v) is 5.55. The zero-order valence-corrected chi connectivity index (χ0v) is 16.6. The molecule has 0 aliphatic carbocycles. The van der Waals surface area contributed by atoms with E-state index in [4.69, 9.17) is 34.8 Å². The summed E-state index contributed by atoms with van der Waals surface area (Å²) < 4.78 is 0.820. The van der Waals surface area contributed by atoms with Crippen LogP contribution in [0.2, 0.25) is 15.1 Å². The standard InChI is InChI=1S/C16H13BrCl3NOS/c17-11-2-4-13(18)12(8-11)16(22)21-5-6-23-9-10-1-3-14(19)15(20)7-10/h1-4,7-8H,5-6,9H2,(H,21,22). The summed E-state index contributed by atoms with van der Waals surface area (Å²) in [7, 11) is 0. The van der Waals surface area contributed by atoms with E-state index in [0.717, 1.165) is 21.5 Å². The first-order valence-electron chi connectivity index (χ1n) is 6.72. The summed E-state index contributed by atoms with van der Waals surface area (Å²) in [6.07, 6.45) is 0. The van der Waals surface area contributed by atoms with Crippen LogP contribution in [-0.2, 0) is 5.75 Å². The lowest BCUT2D eigenvalue weighted by atomic mass is 10.2. The number of hydrogen-bond acceptors (Lipinski definition) is 2. The summed E-state index contributed by atoms with van der Waals surface area (Å²) in [6, 6.07) is 10.8. The first-order valence-corrected chi connectivity index (χ1v) is 9.80. The van der Waals surface area contributed by atoms with Gasteiger partial charge < -0.3 is 5.32 Å². The minimum absolute atomic E-state index is 0.175. The molecule has 0 saturated heterocycles. The van der Waals surface area contributed by atoms with Crippen LogP contribution >= 0.6 is 62.5 Å². The van der Waals surface area contributed by atoms with Gasteiger partial charge in [-0.1, -0.05) is 56.8 Å². The molecular formula is C16H13BrCl3NOS. The van der Waals surface area contributed by atoms with Gasteiger partial charge in [0.05, 0.1) is 20.6 Å². The van der Waals surface area contributed by atoms with Crippen molar-refractivity contribution in [3.05, 3.63) is 67.1 Å².